The normalized spacial score (nSPS) is 19.3. The van der Waals surface area contributed by atoms with Crippen molar-refractivity contribution < 1.29 is 14.3 Å². The first kappa shape index (κ1) is 28.4. The number of carbonyl (C=O) groups excluding carboxylic acids is 2. The van der Waals surface area contributed by atoms with E-state index in [1.807, 2.05) is 67.3 Å². The topological polar surface area (TPSA) is 58.6 Å². The number of nitrogens with zero attached hydrogens (tertiary/aromatic N) is 1. The minimum atomic E-state index is -0.983. The summed E-state index contributed by atoms with van der Waals surface area (Å²) in [6.45, 7) is 11.2. The number of hydrogen-bond acceptors (Lipinski definition) is 3. The van der Waals surface area contributed by atoms with Crippen molar-refractivity contribution in [1.82, 2.24) is 4.90 Å². The van der Waals surface area contributed by atoms with E-state index in [4.69, 9.17) is 4.74 Å². The highest BCUT2D eigenvalue weighted by molar-refractivity contribution is 6.04. The van der Waals surface area contributed by atoms with Crippen LogP contribution in [-0.2, 0) is 11.3 Å². The van der Waals surface area contributed by atoms with Gasteiger partial charge in [0, 0.05) is 17.8 Å². The number of rotatable bonds is 7. The van der Waals surface area contributed by atoms with Gasteiger partial charge in [-0.1, -0.05) is 69.3 Å². The Kier molecular flexibility index (Phi) is 8.48. The molecular weight excluding hydrogens is 484 g/mol. The van der Waals surface area contributed by atoms with Crippen LogP contribution in [0.5, 0.6) is 5.75 Å². The third-order valence-electron chi connectivity index (χ3n) is 8.46. The minimum absolute atomic E-state index is 0.106. The Morgan fingerprint density at radius 3 is 2.03 bits per heavy atom. The number of methoxy groups -OCH3 is 1. The van der Waals surface area contributed by atoms with Crippen LogP contribution in [0.1, 0.15) is 73.5 Å². The van der Waals surface area contributed by atoms with E-state index in [0.717, 1.165) is 35.2 Å². The number of benzene rings is 3. The molecule has 1 fully saturated rings. The molecule has 1 N–H and O–H groups in total. The lowest BCUT2D eigenvalue weighted by atomic mass is 9.66. The van der Waals surface area contributed by atoms with E-state index < -0.39 is 5.54 Å². The fourth-order valence-electron chi connectivity index (χ4n) is 5.90. The molecule has 0 saturated heterocycles. The van der Waals surface area contributed by atoms with Crippen molar-refractivity contribution in [3.63, 3.8) is 0 Å². The number of hydrogen-bond donors (Lipinski definition) is 1. The van der Waals surface area contributed by atoms with Gasteiger partial charge in [0.2, 0.25) is 5.91 Å². The van der Waals surface area contributed by atoms with Crippen molar-refractivity contribution in [2.75, 3.05) is 12.4 Å². The molecule has 0 bridgehead atoms. The molecular formula is C34H42N2O3. The van der Waals surface area contributed by atoms with Crippen molar-refractivity contribution in [3.05, 3.63) is 95.1 Å². The van der Waals surface area contributed by atoms with E-state index in [1.165, 1.54) is 0 Å². The summed E-state index contributed by atoms with van der Waals surface area (Å²) >= 11 is 0. The summed E-state index contributed by atoms with van der Waals surface area (Å²) in [6, 6.07) is 23.2. The van der Waals surface area contributed by atoms with Crippen LogP contribution >= 0.6 is 0 Å². The van der Waals surface area contributed by atoms with E-state index in [1.54, 1.807) is 31.4 Å². The molecule has 1 aliphatic rings. The zero-order valence-electron chi connectivity index (χ0n) is 24.2. The molecule has 2 amide bonds. The highest BCUT2D eigenvalue weighted by Crippen LogP contribution is 2.45. The standard InChI is InChI=1S/C34H42N2O3/c1-24-11-10-12-25(2)30(24)35-32(38)34(21-19-28(20-22-34)33(3,4)5)36(23-26-13-8-7-9-14-26)31(37)27-15-17-29(39-6)18-16-27/h7-18,28H,19-23H2,1-6H3,(H,35,38). The maximum atomic E-state index is 14.5. The zero-order chi connectivity index (χ0) is 28.2. The van der Waals surface area contributed by atoms with Crippen LogP contribution in [0.2, 0.25) is 0 Å². The Bertz CT molecular complexity index is 1260. The van der Waals surface area contributed by atoms with E-state index in [2.05, 4.69) is 26.1 Å². The molecule has 0 atom stereocenters. The van der Waals surface area contributed by atoms with E-state index in [0.29, 0.717) is 36.6 Å². The predicted molar refractivity (Wildman–Crippen MR) is 158 cm³/mol. The molecule has 0 spiro atoms. The molecule has 4 rings (SSSR count). The van der Waals surface area contributed by atoms with Crippen molar-refractivity contribution in [2.45, 2.75) is 72.4 Å². The maximum absolute atomic E-state index is 14.5. The third-order valence-corrected chi connectivity index (χ3v) is 8.46. The highest BCUT2D eigenvalue weighted by Gasteiger charge is 2.50. The van der Waals surface area contributed by atoms with E-state index in [9.17, 15) is 9.59 Å². The lowest BCUT2D eigenvalue weighted by molar-refractivity contribution is -0.130. The van der Waals surface area contributed by atoms with Gasteiger partial charge < -0.3 is 15.0 Å². The molecule has 3 aromatic carbocycles. The van der Waals surface area contributed by atoms with Crippen LogP contribution in [0.15, 0.2) is 72.8 Å². The average molecular weight is 527 g/mol. The third kappa shape index (κ3) is 6.19. The summed E-state index contributed by atoms with van der Waals surface area (Å²) in [4.78, 5) is 30.7. The minimum Gasteiger partial charge on any atom is -0.497 e. The van der Waals surface area contributed by atoms with Gasteiger partial charge in [-0.25, -0.2) is 0 Å². The van der Waals surface area contributed by atoms with Gasteiger partial charge in [-0.2, -0.15) is 0 Å². The highest BCUT2D eigenvalue weighted by atomic mass is 16.5. The van der Waals surface area contributed by atoms with Crippen LogP contribution < -0.4 is 10.1 Å². The lowest BCUT2D eigenvalue weighted by Crippen LogP contribution is -2.60. The summed E-state index contributed by atoms with van der Waals surface area (Å²) in [5, 5.41) is 3.28. The van der Waals surface area contributed by atoms with Gasteiger partial charge in [-0.15, -0.1) is 0 Å². The Labute approximate surface area is 233 Å². The first-order chi connectivity index (χ1) is 18.5. The van der Waals surface area contributed by atoms with Gasteiger partial charge in [-0.3, -0.25) is 9.59 Å². The molecule has 39 heavy (non-hydrogen) atoms. The predicted octanol–water partition coefficient (Wildman–Crippen LogP) is 7.57. The zero-order valence-corrected chi connectivity index (χ0v) is 24.2. The lowest BCUT2D eigenvalue weighted by Gasteiger charge is -2.49. The first-order valence-corrected chi connectivity index (χ1v) is 13.9. The van der Waals surface area contributed by atoms with Crippen LogP contribution in [-0.4, -0.2) is 29.4 Å². The molecule has 206 valence electrons. The first-order valence-electron chi connectivity index (χ1n) is 13.9. The molecule has 0 unspecified atom stereocenters. The monoisotopic (exact) mass is 526 g/mol. The van der Waals surface area contributed by atoms with Gasteiger partial charge in [-0.05, 0) is 91.8 Å². The Hall–Kier alpha value is -3.60. The summed E-state index contributed by atoms with van der Waals surface area (Å²) in [5.41, 5.74) is 3.55. The van der Waals surface area contributed by atoms with E-state index in [-0.39, 0.29) is 17.2 Å². The molecule has 5 nitrogen and oxygen atoms in total. The van der Waals surface area contributed by atoms with Crippen LogP contribution in [0.25, 0.3) is 0 Å². The largest absolute Gasteiger partial charge is 0.497 e. The molecule has 0 heterocycles. The smallest absolute Gasteiger partial charge is 0.255 e. The molecule has 3 aromatic rings. The fourth-order valence-corrected chi connectivity index (χ4v) is 5.90. The second-order valence-electron chi connectivity index (χ2n) is 12.0. The SMILES string of the molecule is COc1ccc(C(=O)N(Cc2ccccc2)C2(C(=O)Nc3c(C)cccc3C)CCC(C(C)(C)C)CC2)cc1. The number of ether oxygens (including phenoxy) is 1. The molecule has 0 aliphatic heterocycles. The van der Waals surface area contributed by atoms with Crippen molar-refractivity contribution in [3.8, 4) is 5.75 Å². The maximum Gasteiger partial charge on any atom is 0.255 e. The van der Waals surface area contributed by atoms with Crippen molar-refractivity contribution in [1.29, 1.82) is 0 Å². The molecule has 0 aromatic heterocycles. The van der Waals surface area contributed by atoms with E-state index >= 15 is 0 Å². The summed E-state index contributed by atoms with van der Waals surface area (Å²) < 4.78 is 5.32. The van der Waals surface area contributed by atoms with Gasteiger partial charge in [0.05, 0.1) is 7.11 Å². The van der Waals surface area contributed by atoms with Crippen LogP contribution in [0.4, 0.5) is 5.69 Å². The van der Waals surface area contributed by atoms with Crippen LogP contribution in [0.3, 0.4) is 0 Å². The van der Waals surface area contributed by atoms with Crippen molar-refractivity contribution >= 4 is 17.5 Å². The molecule has 1 aliphatic carbocycles. The molecule has 0 radical (unpaired) electrons. The number of nitrogens with one attached hydrogen (secondary N) is 1. The summed E-state index contributed by atoms with van der Waals surface area (Å²) in [7, 11) is 1.61. The number of para-hydroxylation sites is 1. The van der Waals surface area contributed by atoms with Crippen LogP contribution in [0, 0.1) is 25.2 Å². The number of aryl methyl sites for hydroxylation is 2. The Morgan fingerprint density at radius 1 is 0.897 bits per heavy atom. The molecule has 5 heteroatoms. The Morgan fingerprint density at radius 2 is 1.49 bits per heavy atom. The number of carbonyl (C=O) groups is 2. The molecule has 1 saturated carbocycles. The van der Waals surface area contributed by atoms with Gasteiger partial charge >= 0.3 is 0 Å². The second kappa shape index (κ2) is 11.6. The number of amides is 2. The Balaban J connectivity index is 1.80. The van der Waals surface area contributed by atoms with Gasteiger partial charge in [0.1, 0.15) is 11.3 Å². The average Bonchev–Trinajstić information content (AvgIpc) is 2.93. The summed E-state index contributed by atoms with van der Waals surface area (Å²) in [6.07, 6.45) is 2.98. The fraction of sp³-hybridized carbons (Fsp3) is 0.412. The van der Waals surface area contributed by atoms with Gasteiger partial charge in [0.25, 0.3) is 5.91 Å². The number of anilines is 1. The quantitative estimate of drug-likeness (QED) is 0.345. The summed E-state index contributed by atoms with van der Waals surface area (Å²) in [5.74, 6) is 0.917. The second-order valence-corrected chi connectivity index (χ2v) is 12.0. The van der Waals surface area contributed by atoms with Crippen molar-refractivity contribution in [2.24, 2.45) is 11.3 Å². The van der Waals surface area contributed by atoms with Gasteiger partial charge in [0.15, 0.2) is 0 Å².